The molecule has 19 heavy (non-hydrogen) atoms. The molecular weight excluding hydrogens is 258 g/mol. The molecule has 0 aromatic carbocycles. The number of imidazole rings is 1. The van der Waals surface area contributed by atoms with E-state index in [1.807, 2.05) is 42.8 Å². The van der Waals surface area contributed by atoms with Gasteiger partial charge in [-0.1, -0.05) is 0 Å². The molecule has 0 bridgehead atoms. The topological polar surface area (TPSA) is 46.8 Å². The van der Waals surface area contributed by atoms with Crippen LogP contribution >= 0.6 is 11.3 Å². The van der Waals surface area contributed by atoms with Gasteiger partial charge >= 0.3 is 0 Å². The van der Waals surface area contributed by atoms with Gasteiger partial charge in [0, 0.05) is 33.0 Å². The van der Waals surface area contributed by atoms with Crippen molar-refractivity contribution in [3.8, 4) is 11.5 Å². The molecule has 0 saturated carbocycles. The van der Waals surface area contributed by atoms with Crippen molar-refractivity contribution in [2.75, 3.05) is 19.0 Å². The molecule has 5 nitrogen and oxygen atoms in total. The number of anilines is 1. The number of hydrogen-bond acceptors (Lipinski definition) is 5. The molecular formula is C13H15N5S. The van der Waals surface area contributed by atoms with Gasteiger partial charge in [0.2, 0.25) is 5.95 Å². The van der Waals surface area contributed by atoms with Crippen molar-refractivity contribution >= 4 is 27.5 Å². The number of aromatic nitrogens is 4. The number of thiophene rings is 1. The third kappa shape index (κ3) is 1.98. The van der Waals surface area contributed by atoms with E-state index in [2.05, 4.69) is 26.4 Å². The average molecular weight is 273 g/mol. The van der Waals surface area contributed by atoms with E-state index >= 15 is 0 Å². The lowest BCUT2D eigenvalue weighted by atomic mass is 10.3. The van der Waals surface area contributed by atoms with Crippen LogP contribution in [0.4, 0.5) is 5.95 Å². The zero-order valence-corrected chi connectivity index (χ0v) is 12.0. The molecule has 0 aliphatic carbocycles. The summed E-state index contributed by atoms with van der Waals surface area (Å²) in [6, 6.07) is 2.03. The second kappa shape index (κ2) is 4.62. The lowest BCUT2D eigenvalue weighted by molar-refractivity contribution is 0.768. The summed E-state index contributed by atoms with van der Waals surface area (Å²) in [5.41, 5.74) is 1.89. The predicted molar refractivity (Wildman–Crippen MR) is 78.6 cm³/mol. The first-order valence-corrected chi connectivity index (χ1v) is 7.02. The Labute approximate surface area is 115 Å². The van der Waals surface area contributed by atoms with Crippen LogP contribution in [0.1, 0.15) is 6.92 Å². The predicted octanol–water partition coefficient (Wildman–Crippen LogP) is 2.64. The van der Waals surface area contributed by atoms with Gasteiger partial charge in [-0.25, -0.2) is 15.0 Å². The van der Waals surface area contributed by atoms with Crippen LogP contribution in [-0.4, -0.2) is 33.6 Å². The molecule has 0 fully saturated rings. The minimum absolute atomic E-state index is 0.714. The lowest BCUT2D eigenvalue weighted by Crippen LogP contribution is -2.13. The minimum atomic E-state index is 0.714. The zero-order chi connectivity index (χ0) is 13.4. The Morgan fingerprint density at radius 1 is 1.32 bits per heavy atom. The van der Waals surface area contributed by atoms with Gasteiger partial charge in [0.05, 0.1) is 10.2 Å². The molecule has 6 heteroatoms. The largest absolute Gasteiger partial charge is 0.347 e. The summed E-state index contributed by atoms with van der Waals surface area (Å²) in [7, 11) is 3.90. The molecule has 0 radical (unpaired) electrons. The second-order valence-electron chi connectivity index (χ2n) is 4.44. The Balaban J connectivity index is 2.29. The van der Waals surface area contributed by atoms with E-state index in [1.54, 1.807) is 11.3 Å². The molecule has 0 unspecified atom stereocenters. The van der Waals surface area contributed by atoms with Gasteiger partial charge in [-0.15, -0.1) is 11.3 Å². The van der Waals surface area contributed by atoms with E-state index in [1.165, 1.54) is 0 Å². The van der Waals surface area contributed by atoms with Crippen molar-refractivity contribution in [3.63, 3.8) is 0 Å². The fourth-order valence-corrected chi connectivity index (χ4v) is 2.80. The van der Waals surface area contributed by atoms with E-state index in [9.17, 15) is 0 Å². The van der Waals surface area contributed by atoms with Gasteiger partial charge < -0.3 is 9.47 Å². The molecule has 3 aromatic rings. The van der Waals surface area contributed by atoms with Crippen LogP contribution in [-0.2, 0) is 6.54 Å². The first-order chi connectivity index (χ1) is 9.20. The minimum Gasteiger partial charge on any atom is -0.347 e. The maximum absolute atomic E-state index is 4.67. The molecule has 0 aliphatic heterocycles. The monoisotopic (exact) mass is 273 g/mol. The van der Waals surface area contributed by atoms with Gasteiger partial charge in [-0.05, 0) is 18.4 Å². The molecule has 98 valence electrons. The standard InChI is InChI=1S/C13H15N5S/c1-4-18-7-6-14-12(18)10-11-9(5-8-19-11)15-13(16-10)17(2)3/h5-8H,4H2,1-3H3. The summed E-state index contributed by atoms with van der Waals surface area (Å²) in [6.45, 7) is 2.98. The quantitative estimate of drug-likeness (QED) is 0.736. The average Bonchev–Trinajstić information content (AvgIpc) is 3.05. The van der Waals surface area contributed by atoms with Crippen LogP contribution in [0.5, 0.6) is 0 Å². The van der Waals surface area contributed by atoms with E-state index in [-0.39, 0.29) is 0 Å². The van der Waals surface area contributed by atoms with Crippen molar-refractivity contribution in [2.45, 2.75) is 13.5 Å². The van der Waals surface area contributed by atoms with Crippen LogP contribution in [0.25, 0.3) is 21.7 Å². The van der Waals surface area contributed by atoms with Crippen LogP contribution in [0.2, 0.25) is 0 Å². The Hall–Kier alpha value is -1.95. The van der Waals surface area contributed by atoms with Crippen LogP contribution in [0.3, 0.4) is 0 Å². The van der Waals surface area contributed by atoms with E-state index in [0.717, 1.165) is 28.3 Å². The van der Waals surface area contributed by atoms with Crippen molar-refractivity contribution in [2.24, 2.45) is 0 Å². The van der Waals surface area contributed by atoms with Crippen molar-refractivity contribution in [3.05, 3.63) is 23.8 Å². The number of aryl methyl sites for hydroxylation is 1. The van der Waals surface area contributed by atoms with Gasteiger partial charge in [-0.3, -0.25) is 0 Å². The number of nitrogens with zero attached hydrogens (tertiary/aromatic N) is 5. The molecule has 3 heterocycles. The van der Waals surface area contributed by atoms with Gasteiger partial charge in [0.1, 0.15) is 5.69 Å². The van der Waals surface area contributed by atoms with E-state index in [4.69, 9.17) is 0 Å². The van der Waals surface area contributed by atoms with E-state index < -0.39 is 0 Å². The normalized spacial score (nSPS) is 11.1. The van der Waals surface area contributed by atoms with Gasteiger partial charge in [0.25, 0.3) is 0 Å². The fraction of sp³-hybridized carbons (Fsp3) is 0.308. The number of rotatable bonds is 3. The summed E-state index contributed by atoms with van der Waals surface area (Å²) in [4.78, 5) is 15.6. The number of fused-ring (bicyclic) bond motifs is 1. The van der Waals surface area contributed by atoms with Crippen LogP contribution < -0.4 is 4.90 Å². The third-order valence-electron chi connectivity index (χ3n) is 2.96. The highest BCUT2D eigenvalue weighted by Gasteiger charge is 2.15. The Bertz CT molecular complexity index is 713. The highest BCUT2D eigenvalue weighted by Crippen LogP contribution is 2.30. The molecule has 0 amide bonds. The molecule has 0 aliphatic rings. The summed E-state index contributed by atoms with van der Waals surface area (Å²) < 4.78 is 3.19. The molecule has 3 aromatic heterocycles. The third-order valence-corrected chi connectivity index (χ3v) is 3.87. The molecule has 3 rings (SSSR count). The molecule has 0 N–H and O–H groups in total. The van der Waals surface area contributed by atoms with Crippen LogP contribution in [0, 0.1) is 0 Å². The fourth-order valence-electron chi connectivity index (χ4n) is 1.98. The van der Waals surface area contributed by atoms with Crippen molar-refractivity contribution < 1.29 is 0 Å². The summed E-state index contributed by atoms with van der Waals surface area (Å²) >= 11 is 1.65. The first kappa shape index (κ1) is 12.1. The maximum atomic E-state index is 4.67. The Morgan fingerprint density at radius 2 is 2.16 bits per heavy atom. The summed E-state index contributed by atoms with van der Waals surface area (Å²) in [6.07, 6.45) is 3.79. The first-order valence-electron chi connectivity index (χ1n) is 6.14. The second-order valence-corrected chi connectivity index (χ2v) is 5.35. The van der Waals surface area contributed by atoms with Crippen LogP contribution in [0.15, 0.2) is 23.8 Å². The zero-order valence-electron chi connectivity index (χ0n) is 11.2. The Morgan fingerprint density at radius 3 is 2.89 bits per heavy atom. The van der Waals surface area contributed by atoms with Gasteiger partial charge in [0.15, 0.2) is 5.82 Å². The smallest absolute Gasteiger partial charge is 0.226 e. The number of hydrogen-bond donors (Lipinski definition) is 0. The van der Waals surface area contributed by atoms with Crippen molar-refractivity contribution in [1.29, 1.82) is 0 Å². The highest BCUT2D eigenvalue weighted by molar-refractivity contribution is 7.17. The Kier molecular flexibility index (Phi) is 2.94. The van der Waals surface area contributed by atoms with E-state index in [0.29, 0.717) is 5.95 Å². The maximum Gasteiger partial charge on any atom is 0.226 e. The summed E-state index contributed by atoms with van der Waals surface area (Å²) in [5, 5.41) is 2.04. The van der Waals surface area contributed by atoms with Gasteiger partial charge in [-0.2, -0.15) is 0 Å². The molecule has 0 spiro atoms. The molecule has 0 atom stereocenters. The summed E-state index contributed by atoms with van der Waals surface area (Å²) in [5.74, 6) is 1.62. The van der Waals surface area contributed by atoms with Crippen molar-refractivity contribution in [1.82, 2.24) is 19.5 Å². The molecule has 0 saturated heterocycles. The highest BCUT2D eigenvalue weighted by atomic mass is 32.1. The lowest BCUT2D eigenvalue weighted by Gasteiger charge is -2.12. The SMILES string of the molecule is CCn1ccnc1-c1nc(N(C)C)nc2ccsc12.